The average Bonchev–Trinajstić information content (AvgIpc) is 3.28. The number of amides is 2. The zero-order chi connectivity index (χ0) is 34.2. The summed E-state index contributed by atoms with van der Waals surface area (Å²) in [5.74, 6) is -5.73. The molecule has 2 aromatic rings. The lowest BCUT2D eigenvalue weighted by molar-refractivity contribution is -0.392. The number of rotatable bonds is 6. The smallest absolute Gasteiger partial charge is 0.301 e. The highest BCUT2D eigenvalue weighted by molar-refractivity contribution is 14.1. The molecule has 0 aromatic heterocycles. The monoisotopic (exact) mass is 818 g/mol. The lowest BCUT2D eigenvalue weighted by Gasteiger charge is -2.42. The van der Waals surface area contributed by atoms with Crippen LogP contribution in [-0.2, 0) is 19.2 Å². The molecule has 16 heteroatoms. The minimum absolute atomic E-state index is 0.0363. The number of hydrogen-bond donors (Lipinski definition) is 1. The second-order valence-corrected chi connectivity index (χ2v) is 13.7. The van der Waals surface area contributed by atoms with E-state index in [0.29, 0.717) is 14.7 Å². The number of halogens is 2. The number of nitro benzene ring substituents is 2. The fourth-order valence-corrected chi connectivity index (χ4v) is 8.28. The third kappa shape index (κ3) is 4.95. The minimum Gasteiger partial charge on any atom is -0.504 e. The van der Waals surface area contributed by atoms with Crippen molar-refractivity contribution in [1.82, 2.24) is 0 Å². The van der Waals surface area contributed by atoms with E-state index in [4.69, 9.17) is 4.74 Å². The first-order valence-electron chi connectivity index (χ1n) is 14.1. The molecule has 3 aliphatic carbocycles. The molecular formula is C31H24BrIN4O10. The van der Waals surface area contributed by atoms with Gasteiger partial charge in [-0.25, -0.2) is 4.90 Å². The molecule has 1 N–H and O–H groups in total. The summed E-state index contributed by atoms with van der Waals surface area (Å²) in [7, 11) is 4.18. The number of aromatic hydroxyl groups is 1. The zero-order valence-electron chi connectivity index (χ0n) is 24.9. The highest BCUT2D eigenvalue weighted by atomic mass is 127. The van der Waals surface area contributed by atoms with Crippen molar-refractivity contribution in [2.45, 2.75) is 18.8 Å². The minimum atomic E-state index is -1.03. The molecule has 6 rings (SSSR count). The summed E-state index contributed by atoms with van der Waals surface area (Å²) in [5.41, 5.74) is -0.348. The largest absolute Gasteiger partial charge is 0.504 e. The maximum absolute atomic E-state index is 14.3. The Balaban J connectivity index is 1.50. The third-order valence-corrected chi connectivity index (χ3v) is 10.5. The van der Waals surface area contributed by atoms with Crippen molar-refractivity contribution in [1.29, 1.82) is 0 Å². The van der Waals surface area contributed by atoms with Crippen molar-refractivity contribution in [3.63, 3.8) is 0 Å². The molecule has 0 radical (unpaired) electrons. The number of phenols is 1. The van der Waals surface area contributed by atoms with Gasteiger partial charge < -0.3 is 14.7 Å². The Bertz CT molecular complexity index is 1930. The number of carbonyl (C=O) groups excluding carboxylic acids is 4. The van der Waals surface area contributed by atoms with Gasteiger partial charge in [0.05, 0.1) is 42.5 Å². The number of hydrogen-bond acceptors (Lipinski definition) is 11. The van der Waals surface area contributed by atoms with Crippen molar-refractivity contribution in [3.05, 3.63) is 87.0 Å². The van der Waals surface area contributed by atoms with Crippen LogP contribution in [0.5, 0.6) is 11.5 Å². The molecule has 47 heavy (non-hydrogen) atoms. The molecule has 1 heterocycles. The van der Waals surface area contributed by atoms with E-state index in [2.05, 4.69) is 15.9 Å². The number of fused-ring (bicyclic) bond motifs is 3. The van der Waals surface area contributed by atoms with E-state index < -0.39 is 68.3 Å². The molecule has 0 spiro atoms. The Morgan fingerprint density at radius 2 is 1.66 bits per heavy atom. The highest BCUT2D eigenvalue weighted by Crippen LogP contribution is 2.56. The molecule has 1 saturated heterocycles. The van der Waals surface area contributed by atoms with E-state index in [0.717, 1.165) is 17.0 Å². The first-order chi connectivity index (χ1) is 22.2. The number of nitrogens with zero attached hydrogens (tertiary/aromatic N) is 4. The molecule has 1 aliphatic heterocycles. The first kappa shape index (κ1) is 32.5. The van der Waals surface area contributed by atoms with Gasteiger partial charge in [0.2, 0.25) is 11.8 Å². The van der Waals surface area contributed by atoms with Crippen LogP contribution in [0.2, 0.25) is 0 Å². The number of methoxy groups -OCH3 is 1. The predicted molar refractivity (Wildman–Crippen MR) is 179 cm³/mol. The molecule has 4 unspecified atom stereocenters. The Labute approximate surface area is 288 Å². The molecule has 4 atom stereocenters. The molecule has 2 amide bonds. The molecular weight excluding hydrogens is 795 g/mol. The number of Topliss-reactive ketones (excluding diaryl/α,β-unsaturated/α-hetero) is 1. The van der Waals surface area contributed by atoms with Crippen LogP contribution < -0.4 is 14.5 Å². The number of benzene rings is 2. The molecule has 1 fully saturated rings. The van der Waals surface area contributed by atoms with Gasteiger partial charge in [0.25, 0.3) is 0 Å². The van der Waals surface area contributed by atoms with Crippen LogP contribution in [0, 0.1) is 41.6 Å². The zero-order valence-corrected chi connectivity index (χ0v) is 28.6. The molecule has 0 bridgehead atoms. The summed E-state index contributed by atoms with van der Waals surface area (Å²) in [6, 6.07) is 5.17. The van der Waals surface area contributed by atoms with Gasteiger partial charge in [-0.2, -0.15) is 0 Å². The SMILES string of the molecule is COc1cc(C2C3=CCC4C(=O)N(c5cc([N+](=O)[O-])c(N(C)C)c([N+](=O)[O-])c5)C(=O)C4C3CC3=C2C(=O)C=C(Br)C3=O)cc(I)c1O. The van der Waals surface area contributed by atoms with E-state index in [1.54, 1.807) is 18.2 Å². The van der Waals surface area contributed by atoms with Gasteiger partial charge in [-0.15, -0.1) is 0 Å². The van der Waals surface area contributed by atoms with Gasteiger partial charge in [-0.1, -0.05) is 11.6 Å². The van der Waals surface area contributed by atoms with Crippen molar-refractivity contribution in [3.8, 4) is 11.5 Å². The molecule has 2 aromatic carbocycles. The number of ether oxygens (including phenoxy) is 1. The van der Waals surface area contributed by atoms with Gasteiger partial charge in [-0.3, -0.25) is 39.4 Å². The van der Waals surface area contributed by atoms with Gasteiger partial charge in [0.15, 0.2) is 28.8 Å². The van der Waals surface area contributed by atoms with Crippen LogP contribution in [0.1, 0.15) is 24.3 Å². The lowest BCUT2D eigenvalue weighted by atomic mass is 9.59. The van der Waals surface area contributed by atoms with Crippen LogP contribution in [0.3, 0.4) is 0 Å². The first-order valence-corrected chi connectivity index (χ1v) is 16.0. The number of ketones is 2. The van der Waals surface area contributed by atoms with E-state index in [9.17, 15) is 44.5 Å². The molecule has 242 valence electrons. The van der Waals surface area contributed by atoms with Crippen molar-refractivity contribution < 1.29 is 38.9 Å². The fourth-order valence-electron chi connectivity index (χ4n) is 7.21. The topological polar surface area (TPSA) is 190 Å². The second-order valence-electron chi connectivity index (χ2n) is 11.7. The van der Waals surface area contributed by atoms with Crippen LogP contribution in [0.25, 0.3) is 0 Å². The summed E-state index contributed by atoms with van der Waals surface area (Å²) in [4.78, 5) is 79.6. The van der Waals surface area contributed by atoms with Gasteiger partial charge >= 0.3 is 11.4 Å². The number of phenolic OH excluding ortho intramolecular Hbond substituents is 1. The summed E-state index contributed by atoms with van der Waals surface area (Å²) in [5, 5.41) is 34.5. The molecule has 0 saturated carbocycles. The number of imide groups is 1. The van der Waals surface area contributed by atoms with Crippen LogP contribution in [-0.4, -0.2) is 59.5 Å². The molecule has 14 nitrogen and oxygen atoms in total. The van der Waals surface area contributed by atoms with Crippen molar-refractivity contribution in [2.75, 3.05) is 31.0 Å². The third-order valence-electron chi connectivity index (χ3n) is 9.09. The Morgan fingerprint density at radius 1 is 1.02 bits per heavy atom. The number of allylic oxidation sites excluding steroid dienone is 6. The van der Waals surface area contributed by atoms with E-state index >= 15 is 0 Å². The van der Waals surface area contributed by atoms with Crippen LogP contribution in [0.4, 0.5) is 22.7 Å². The average molecular weight is 819 g/mol. The van der Waals surface area contributed by atoms with Crippen LogP contribution in [0.15, 0.2) is 57.6 Å². The van der Waals surface area contributed by atoms with Crippen LogP contribution >= 0.6 is 38.5 Å². The van der Waals surface area contributed by atoms with E-state index in [-0.39, 0.29) is 51.3 Å². The summed E-state index contributed by atoms with van der Waals surface area (Å²) in [6.07, 6.45) is 3.02. The van der Waals surface area contributed by atoms with Gasteiger partial charge in [0.1, 0.15) is 0 Å². The lowest BCUT2D eigenvalue weighted by Crippen LogP contribution is -2.39. The standard InChI is InChI=1S/C31H24BrIN4O10/c1-34(2)27-20(36(43)44)8-13(9-21(27)37(45)46)35-30(41)15-5-4-14-16(25(15)31(35)42)10-17-26(22(38)11-18(32)28(17)39)24(14)12-6-19(33)29(40)23(7-12)47-3/h4,6-9,11,15-16,24-25,40H,5,10H2,1-3H3. The predicted octanol–water partition coefficient (Wildman–Crippen LogP) is 4.85. The van der Waals surface area contributed by atoms with Crippen molar-refractivity contribution >= 4 is 84.7 Å². The fraction of sp³-hybridized carbons (Fsp3) is 0.290. The second kappa shape index (κ2) is 11.7. The summed E-state index contributed by atoms with van der Waals surface area (Å²) >= 11 is 5.10. The Hall–Kier alpha value is -4.45. The Morgan fingerprint density at radius 3 is 2.23 bits per heavy atom. The molecule has 4 aliphatic rings. The van der Waals surface area contributed by atoms with E-state index in [1.807, 2.05) is 22.6 Å². The number of nitro groups is 2. The summed E-state index contributed by atoms with van der Waals surface area (Å²) in [6.45, 7) is 0. The van der Waals surface area contributed by atoms with E-state index in [1.165, 1.54) is 32.2 Å². The highest BCUT2D eigenvalue weighted by Gasteiger charge is 2.57. The van der Waals surface area contributed by atoms with Crippen molar-refractivity contribution in [2.24, 2.45) is 17.8 Å². The normalized spacial score (nSPS) is 23.6. The summed E-state index contributed by atoms with van der Waals surface area (Å²) < 4.78 is 5.84. The number of carbonyl (C=O) groups is 4. The Kier molecular flexibility index (Phi) is 8.06. The van der Waals surface area contributed by atoms with Gasteiger partial charge in [-0.05, 0) is 75.0 Å². The maximum Gasteiger partial charge on any atom is 0.301 e. The number of anilines is 2. The maximum atomic E-state index is 14.3. The van der Waals surface area contributed by atoms with Gasteiger partial charge in [0, 0.05) is 49.4 Å². The quantitative estimate of drug-likeness (QED) is 0.105.